The third-order valence-electron chi connectivity index (χ3n) is 2.60. The Balaban J connectivity index is 2.63. The van der Waals surface area contributed by atoms with Crippen LogP contribution in [-0.2, 0) is 14.3 Å². The summed E-state index contributed by atoms with van der Waals surface area (Å²) in [6, 6.07) is 6.15. The third kappa shape index (κ3) is 6.58. The maximum atomic E-state index is 11.7. The smallest absolute Gasteiger partial charge is 0.408 e. The summed E-state index contributed by atoms with van der Waals surface area (Å²) < 4.78 is 15.5. The van der Waals surface area contributed by atoms with Crippen LogP contribution in [0.4, 0.5) is 4.79 Å². The number of aldehydes is 1. The van der Waals surface area contributed by atoms with Gasteiger partial charge in [0.2, 0.25) is 0 Å². The van der Waals surface area contributed by atoms with Crippen molar-refractivity contribution in [3.05, 3.63) is 29.8 Å². The number of hydrogen-bond donors (Lipinski definition) is 1. The lowest BCUT2D eigenvalue weighted by Gasteiger charge is -2.21. The molecule has 0 saturated carbocycles. The van der Waals surface area contributed by atoms with Crippen molar-refractivity contribution in [3.8, 4) is 5.75 Å². The third-order valence-corrected chi connectivity index (χ3v) is 2.60. The number of amides is 1. The zero-order valence-corrected chi connectivity index (χ0v) is 13.4. The lowest BCUT2D eigenvalue weighted by Crippen LogP contribution is -2.35. The Morgan fingerprint density at radius 2 is 1.86 bits per heavy atom. The van der Waals surface area contributed by atoms with E-state index in [2.05, 4.69) is 5.32 Å². The first-order valence-electron chi connectivity index (χ1n) is 7.02. The normalized spacial score (nSPS) is 12.4. The van der Waals surface area contributed by atoms with Gasteiger partial charge in [-0.05, 0) is 38.5 Å². The summed E-state index contributed by atoms with van der Waals surface area (Å²) in [6.45, 7) is 6.22. The highest BCUT2D eigenvalue weighted by atomic mass is 16.6. The van der Waals surface area contributed by atoms with Crippen LogP contribution in [0.1, 0.15) is 32.4 Å². The van der Waals surface area contributed by atoms with Crippen LogP contribution in [0.2, 0.25) is 0 Å². The number of hydrogen-bond acceptors (Lipinski definition) is 5. The first-order chi connectivity index (χ1) is 10.4. The highest BCUT2D eigenvalue weighted by Gasteiger charge is 2.20. The quantitative estimate of drug-likeness (QED) is 0.618. The molecule has 0 radical (unpaired) electrons. The van der Waals surface area contributed by atoms with Crippen molar-refractivity contribution in [3.63, 3.8) is 0 Å². The van der Waals surface area contributed by atoms with Gasteiger partial charge in [-0.15, -0.1) is 0 Å². The van der Waals surface area contributed by atoms with Gasteiger partial charge in [0.25, 0.3) is 0 Å². The molecule has 6 nitrogen and oxygen atoms in total. The van der Waals surface area contributed by atoms with Crippen LogP contribution in [0.15, 0.2) is 24.3 Å². The van der Waals surface area contributed by atoms with E-state index < -0.39 is 17.7 Å². The summed E-state index contributed by atoms with van der Waals surface area (Å²) in [7, 11) is 1.60. The molecule has 22 heavy (non-hydrogen) atoms. The van der Waals surface area contributed by atoms with Crippen LogP contribution in [0.3, 0.4) is 0 Å². The van der Waals surface area contributed by atoms with Gasteiger partial charge in [0.05, 0.1) is 6.61 Å². The number of alkyl carbamates (subject to hydrolysis) is 1. The molecule has 1 atom stereocenters. The first kappa shape index (κ1) is 18.0. The minimum Gasteiger partial charge on any atom is -0.491 e. The van der Waals surface area contributed by atoms with E-state index in [1.54, 1.807) is 52.1 Å². The van der Waals surface area contributed by atoms with E-state index >= 15 is 0 Å². The van der Waals surface area contributed by atoms with Gasteiger partial charge in [0.15, 0.2) is 0 Å². The Labute approximate surface area is 130 Å². The highest BCUT2D eigenvalue weighted by molar-refractivity contribution is 5.74. The van der Waals surface area contributed by atoms with Gasteiger partial charge in [-0.25, -0.2) is 4.79 Å². The molecular weight excluding hydrogens is 286 g/mol. The highest BCUT2D eigenvalue weighted by Crippen LogP contribution is 2.17. The molecule has 0 spiro atoms. The van der Waals surface area contributed by atoms with E-state index in [0.717, 1.165) is 0 Å². The molecule has 0 heterocycles. The largest absolute Gasteiger partial charge is 0.491 e. The zero-order valence-electron chi connectivity index (χ0n) is 13.4. The molecule has 0 aliphatic rings. The molecule has 1 aromatic carbocycles. The van der Waals surface area contributed by atoms with Gasteiger partial charge in [0, 0.05) is 7.11 Å². The number of carbonyl (C=O) groups is 2. The van der Waals surface area contributed by atoms with Gasteiger partial charge >= 0.3 is 6.09 Å². The van der Waals surface area contributed by atoms with Crippen molar-refractivity contribution in [2.45, 2.75) is 32.4 Å². The molecule has 0 aliphatic carbocycles. The molecule has 0 bridgehead atoms. The van der Waals surface area contributed by atoms with E-state index in [1.807, 2.05) is 0 Å². The standard InChI is InChI=1S/C16H23NO5/c1-16(2,3)22-15(19)17-14(11-18)12-5-7-13(8-6-12)21-10-9-20-4/h5-8,11,14H,9-10H2,1-4H3,(H,17,19). The minimum absolute atomic E-state index is 0.448. The van der Waals surface area contributed by atoms with Crippen LogP contribution in [-0.4, -0.2) is 38.3 Å². The molecule has 1 N–H and O–H groups in total. The number of nitrogens with one attached hydrogen (secondary N) is 1. The van der Waals surface area contributed by atoms with Crippen LogP contribution >= 0.6 is 0 Å². The van der Waals surface area contributed by atoms with Crippen molar-refractivity contribution in [2.75, 3.05) is 20.3 Å². The maximum Gasteiger partial charge on any atom is 0.408 e. The average Bonchev–Trinajstić information content (AvgIpc) is 2.44. The Hall–Kier alpha value is -2.08. The lowest BCUT2D eigenvalue weighted by molar-refractivity contribution is -0.109. The molecule has 1 rings (SSSR count). The summed E-state index contributed by atoms with van der Waals surface area (Å²) in [5.41, 5.74) is 0.0382. The SMILES string of the molecule is COCCOc1ccc(C(C=O)NC(=O)OC(C)(C)C)cc1. The Bertz CT molecular complexity index is 478. The van der Waals surface area contributed by atoms with E-state index in [4.69, 9.17) is 14.2 Å². The molecular formula is C16H23NO5. The molecule has 0 fully saturated rings. The van der Waals surface area contributed by atoms with E-state index in [9.17, 15) is 9.59 Å². The van der Waals surface area contributed by atoms with Crippen molar-refractivity contribution in [1.29, 1.82) is 0 Å². The molecule has 0 aromatic heterocycles. The number of carbonyl (C=O) groups excluding carboxylic acids is 2. The van der Waals surface area contributed by atoms with E-state index in [1.165, 1.54) is 0 Å². The molecule has 0 aliphatic heterocycles. The fourth-order valence-electron chi connectivity index (χ4n) is 1.64. The molecule has 1 unspecified atom stereocenters. The number of rotatable bonds is 7. The predicted molar refractivity (Wildman–Crippen MR) is 82.0 cm³/mol. The Morgan fingerprint density at radius 1 is 1.23 bits per heavy atom. The number of ether oxygens (including phenoxy) is 3. The average molecular weight is 309 g/mol. The first-order valence-corrected chi connectivity index (χ1v) is 7.02. The van der Waals surface area contributed by atoms with Gasteiger partial charge in [0.1, 0.15) is 30.3 Å². The summed E-state index contributed by atoms with van der Waals surface area (Å²) >= 11 is 0. The predicted octanol–water partition coefficient (Wildman–Crippen LogP) is 2.48. The van der Waals surface area contributed by atoms with Gasteiger partial charge in [-0.2, -0.15) is 0 Å². The van der Waals surface area contributed by atoms with Crippen molar-refractivity contribution in [2.24, 2.45) is 0 Å². The summed E-state index contributed by atoms with van der Waals surface area (Å²) in [6.07, 6.45) is 0.0232. The maximum absolute atomic E-state index is 11.7. The number of benzene rings is 1. The summed E-state index contributed by atoms with van der Waals surface area (Å²) in [5.74, 6) is 0.669. The van der Waals surface area contributed by atoms with E-state index in [-0.39, 0.29) is 0 Å². The lowest BCUT2D eigenvalue weighted by atomic mass is 10.1. The topological polar surface area (TPSA) is 73.9 Å². The fourth-order valence-corrected chi connectivity index (χ4v) is 1.64. The van der Waals surface area contributed by atoms with Crippen LogP contribution < -0.4 is 10.1 Å². The Morgan fingerprint density at radius 3 is 2.36 bits per heavy atom. The second kappa shape index (κ2) is 8.38. The summed E-state index contributed by atoms with van der Waals surface area (Å²) in [5, 5.41) is 2.52. The molecule has 122 valence electrons. The fraction of sp³-hybridized carbons (Fsp3) is 0.500. The van der Waals surface area contributed by atoms with Crippen LogP contribution in [0.25, 0.3) is 0 Å². The Kier molecular flexibility index (Phi) is 6.85. The second-order valence-electron chi connectivity index (χ2n) is 5.67. The van der Waals surface area contributed by atoms with E-state index in [0.29, 0.717) is 30.8 Å². The second-order valence-corrected chi connectivity index (χ2v) is 5.67. The molecule has 0 saturated heterocycles. The zero-order chi connectivity index (χ0) is 16.6. The van der Waals surface area contributed by atoms with Crippen molar-refractivity contribution in [1.82, 2.24) is 5.32 Å². The molecule has 1 aromatic rings. The van der Waals surface area contributed by atoms with Crippen LogP contribution in [0.5, 0.6) is 5.75 Å². The van der Waals surface area contributed by atoms with Gasteiger partial charge in [-0.1, -0.05) is 12.1 Å². The van der Waals surface area contributed by atoms with Crippen LogP contribution in [0, 0.1) is 0 Å². The minimum atomic E-state index is -0.761. The summed E-state index contributed by atoms with van der Waals surface area (Å²) in [4.78, 5) is 22.9. The van der Waals surface area contributed by atoms with Gasteiger partial charge in [-0.3, -0.25) is 0 Å². The number of methoxy groups -OCH3 is 1. The molecule has 6 heteroatoms. The monoisotopic (exact) mass is 309 g/mol. The van der Waals surface area contributed by atoms with Crippen molar-refractivity contribution < 1.29 is 23.8 Å². The van der Waals surface area contributed by atoms with Gasteiger partial charge < -0.3 is 24.3 Å². The molecule has 1 amide bonds. The van der Waals surface area contributed by atoms with Crippen molar-refractivity contribution >= 4 is 12.4 Å².